The molecule has 15 heavy (non-hydrogen) atoms. The second-order valence-corrected chi connectivity index (χ2v) is 3.74. The zero-order valence-corrected chi connectivity index (χ0v) is 9.11. The van der Waals surface area contributed by atoms with Gasteiger partial charge >= 0.3 is 6.03 Å². The van der Waals surface area contributed by atoms with Gasteiger partial charge in [-0.05, 0) is 32.2 Å². The van der Waals surface area contributed by atoms with Gasteiger partial charge in [-0.3, -0.25) is 0 Å². The lowest BCUT2D eigenvalue weighted by molar-refractivity contribution is 0.244. The predicted molar refractivity (Wildman–Crippen MR) is 60.8 cm³/mol. The minimum absolute atomic E-state index is 0.122. The van der Waals surface area contributed by atoms with Gasteiger partial charge in [0.25, 0.3) is 0 Å². The summed E-state index contributed by atoms with van der Waals surface area (Å²) in [6, 6.07) is -0.475. The molecule has 2 amide bonds. The van der Waals surface area contributed by atoms with Gasteiger partial charge in [0.05, 0.1) is 6.17 Å². The number of amides is 2. The lowest BCUT2D eigenvalue weighted by atomic mass is 10.0. The van der Waals surface area contributed by atoms with Crippen LogP contribution in [0.1, 0.15) is 32.1 Å². The molecule has 0 radical (unpaired) electrons. The highest BCUT2D eigenvalue weighted by atomic mass is 16.2. The molecule has 0 bridgehead atoms. The van der Waals surface area contributed by atoms with E-state index >= 15 is 0 Å². The molecule has 0 spiro atoms. The Bertz CT molecular complexity index is 176. The molecular formula is C9H23N5O. The first-order chi connectivity index (χ1) is 7.06. The second kappa shape index (κ2) is 8.46. The lowest BCUT2D eigenvalue weighted by Gasteiger charge is -2.15. The van der Waals surface area contributed by atoms with Crippen LogP contribution in [0.15, 0.2) is 0 Å². The number of hydrogen-bond donors (Lipinski definition) is 5. The summed E-state index contributed by atoms with van der Waals surface area (Å²) in [6.07, 6.45) is 4.01. The monoisotopic (exact) mass is 217 g/mol. The van der Waals surface area contributed by atoms with E-state index in [-0.39, 0.29) is 6.04 Å². The highest BCUT2D eigenvalue weighted by molar-refractivity contribution is 5.71. The standard InChI is InChI=1S/C9H23N5O/c10-6-2-1-3-7(11)4-5-8(12)14-9(13)15/h7-8H,1-6,10-12H2,(H3,13,14,15). The molecule has 90 valence electrons. The van der Waals surface area contributed by atoms with Crippen LogP contribution in [-0.4, -0.2) is 24.8 Å². The molecule has 0 aliphatic heterocycles. The van der Waals surface area contributed by atoms with Gasteiger partial charge in [0, 0.05) is 6.04 Å². The molecule has 0 aromatic carbocycles. The van der Waals surface area contributed by atoms with Crippen LogP contribution in [0.2, 0.25) is 0 Å². The Morgan fingerprint density at radius 2 is 1.80 bits per heavy atom. The molecule has 6 nitrogen and oxygen atoms in total. The van der Waals surface area contributed by atoms with E-state index in [2.05, 4.69) is 5.32 Å². The number of unbranched alkanes of at least 4 members (excludes halogenated alkanes) is 1. The zero-order chi connectivity index (χ0) is 11.7. The number of carbonyl (C=O) groups excluding carboxylic acids is 1. The van der Waals surface area contributed by atoms with E-state index in [4.69, 9.17) is 22.9 Å². The van der Waals surface area contributed by atoms with Crippen LogP contribution in [0.4, 0.5) is 4.79 Å². The van der Waals surface area contributed by atoms with E-state index < -0.39 is 12.2 Å². The van der Waals surface area contributed by atoms with E-state index in [1.54, 1.807) is 0 Å². The number of rotatable bonds is 8. The topological polar surface area (TPSA) is 133 Å². The molecule has 0 fully saturated rings. The van der Waals surface area contributed by atoms with Gasteiger partial charge in [-0.25, -0.2) is 4.79 Å². The van der Waals surface area contributed by atoms with Crippen molar-refractivity contribution >= 4 is 6.03 Å². The molecule has 0 rings (SSSR count). The molecule has 0 aliphatic rings. The fourth-order valence-electron chi connectivity index (χ4n) is 1.34. The van der Waals surface area contributed by atoms with Crippen molar-refractivity contribution in [2.24, 2.45) is 22.9 Å². The van der Waals surface area contributed by atoms with Gasteiger partial charge in [0.2, 0.25) is 0 Å². The third kappa shape index (κ3) is 9.45. The lowest BCUT2D eigenvalue weighted by Crippen LogP contribution is -2.44. The van der Waals surface area contributed by atoms with Crippen molar-refractivity contribution in [2.45, 2.75) is 44.3 Å². The average Bonchev–Trinajstić information content (AvgIpc) is 2.14. The molecule has 0 aromatic rings. The molecule has 0 aliphatic carbocycles. The summed E-state index contributed by atoms with van der Waals surface area (Å²) in [6.45, 7) is 0.704. The van der Waals surface area contributed by atoms with E-state index in [0.717, 1.165) is 25.7 Å². The van der Waals surface area contributed by atoms with Gasteiger partial charge in [0.15, 0.2) is 0 Å². The minimum atomic E-state index is -0.598. The van der Waals surface area contributed by atoms with Crippen LogP contribution in [-0.2, 0) is 0 Å². The SMILES string of the molecule is NCCCCC(N)CCC(N)NC(N)=O. The number of hydrogen-bond acceptors (Lipinski definition) is 4. The van der Waals surface area contributed by atoms with Crippen molar-refractivity contribution in [3.63, 3.8) is 0 Å². The summed E-state index contributed by atoms with van der Waals surface area (Å²) < 4.78 is 0. The molecule has 6 heteroatoms. The van der Waals surface area contributed by atoms with Gasteiger partial charge in [-0.15, -0.1) is 0 Å². The van der Waals surface area contributed by atoms with Crippen LogP contribution in [0.25, 0.3) is 0 Å². The Balaban J connectivity index is 3.43. The fourth-order valence-corrected chi connectivity index (χ4v) is 1.34. The van der Waals surface area contributed by atoms with Crippen molar-refractivity contribution in [1.29, 1.82) is 0 Å². The average molecular weight is 217 g/mol. The van der Waals surface area contributed by atoms with E-state index in [1.807, 2.05) is 0 Å². The highest BCUT2D eigenvalue weighted by Gasteiger charge is 2.07. The van der Waals surface area contributed by atoms with Crippen molar-refractivity contribution in [3.8, 4) is 0 Å². The number of primary amides is 1. The first-order valence-corrected chi connectivity index (χ1v) is 5.33. The van der Waals surface area contributed by atoms with Crippen molar-refractivity contribution in [3.05, 3.63) is 0 Å². The van der Waals surface area contributed by atoms with Crippen LogP contribution in [0.3, 0.4) is 0 Å². The molecule has 2 atom stereocenters. The van der Waals surface area contributed by atoms with E-state index in [1.165, 1.54) is 0 Å². The van der Waals surface area contributed by atoms with E-state index in [0.29, 0.717) is 13.0 Å². The molecular weight excluding hydrogens is 194 g/mol. The molecule has 0 saturated carbocycles. The van der Waals surface area contributed by atoms with Crippen molar-refractivity contribution in [2.75, 3.05) is 6.54 Å². The molecule has 2 unspecified atom stereocenters. The molecule has 9 N–H and O–H groups in total. The smallest absolute Gasteiger partial charge is 0.313 e. The molecule has 0 saturated heterocycles. The van der Waals surface area contributed by atoms with Gasteiger partial charge < -0.3 is 28.3 Å². The first-order valence-electron chi connectivity index (χ1n) is 5.33. The summed E-state index contributed by atoms with van der Waals surface area (Å²) in [7, 11) is 0. The summed E-state index contributed by atoms with van der Waals surface area (Å²) in [5, 5.41) is 2.41. The Morgan fingerprint density at radius 1 is 1.13 bits per heavy atom. The van der Waals surface area contributed by atoms with E-state index in [9.17, 15) is 4.79 Å². The zero-order valence-electron chi connectivity index (χ0n) is 9.11. The number of nitrogens with one attached hydrogen (secondary N) is 1. The molecule has 0 heterocycles. The van der Waals surface area contributed by atoms with Crippen LogP contribution in [0.5, 0.6) is 0 Å². The highest BCUT2D eigenvalue weighted by Crippen LogP contribution is 2.04. The number of nitrogens with two attached hydrogens (primary N) is 4. The summed E-state index contributed by atoms with van der Waals surface area (Å²) in [5.41, 5.74) is 21.7. The summed E-state index contributed by atoms with van der Waals surface area (Å²) in [4.78, 5) is 10.5. The fraction of sp³-hybridized carbons (Fsp3) is 0.889. The first kappa shape index (κ1) is 14.2. The van der Waals surface area contributed by atoms with Gasteiger partial charge in [-0.1, -0.05) is 6.42 Å². The van der Waals surface area contributed by atoms with Crippen LogP contribution in [0, 0.1) is 0 Å². The number of carbonyl (C=O) groups is 1. The maximum atomic E-state index is 10.5. The third-order valence-corrected chi connectivity index (χ3v) is 2.21. The normalized spacial score (nSPS) is 14.6. The predicted octanol–water partition coefficient (Wildman–Crippen LogP) is -0.824. The minimum Gasteiger partial charge on any atom is -0.352 e. The molecule has 0 aromatic heterocycles. The van der Waals surface area contributed by atoms with Crippen molar-refractivity contribution in [1.82, 2.24) is 5.32 Å². The van der Waals surface area contributed by atoms with Crippen LogP contribution >= 0.6 is 0 Å². The Labute approximate surface area is 90.7 Å². The Morgan fingerprint density at radius 3 is 2.33 bits per heavy atom. The third-order valence-electron chi connectivity index (χ3n) is 2.21. The number of urea groups is 1. The van der Waals surface area contributed by atoms with Crippen molar-refractivity contribution < 1.29 is 4.79 Å². The largest absolute Gasteiger partial charge is 0.352 e. The summed E-state index contributed by atoms with van der Waals surface area (Å²) in [5.74, 6) is 0. The van der Waals surface area contributed by atoms with Gasteiger partial charge in [-0.2, -0.15) is 0 Å². The maximum Gasteiger partial charge on any atom is 0.313 e. The quantitative estimate of drug-likeness (QED) is 0.268. The Kier molecular flexibility index (Phi) is 7.98. The summed E-state index contributed by atoms with van der Waals surface area (Å²) >= 11 is 0. The Hall–Kier alpha value is -0.850. The second-order valence-electron chi connectivity index (χ2n) is 3.74. The van der Waals surface area contributed by atoms with Crippen LogP contribution < -0.4 is 28.3 Å². The maximum absolute atomic E-state index is 10.5. The van der Waals surface area contributed by atoms with Gasteiger partial charge in [0.1, 0.15) is 0 Å².